The van der Waals surface area contributed by atoms with Crippen LogP contribution in [0, 0.1) is 0 Å². The van der Waals surface area contributed by atoms with E-state index in [0.29, 0.717) is 0 Å². The first kappa shape index (κ1) is 21.7. The highest BCUT2D eigenvalue weighted by molar-refractivity contribution is 5.88. The number of phenols is 4. The van der Waals surface area contributed by atoms with Gasteiger partial charge in [-0.3, -0.25) is 4.79 Å². The Morgan fingerprint density at radius 1 is 0.875 bits per heavy atom. The minimum atomic E-state index is -1.74. The molecule has 1 fully saturated rings. The van der Waals surface area contributed by atoms with Gasteiger partial charge in [0.2, 0.25) is 17.5 Å². The van der Waals surface area contributed by atoms with E-state index in [2.05, 4.69) is 0 Å². The Bertz CT molecular complexity index is 1230. The van der Waals surface area contributed by atoms with E-state index >= 15 is 0 Å². The minimum absolute atomic E-state index is 0.0658. The molecule has 1 aliphatic heterocycles. The van der Waals surface area contributed by atoms with Crippen molar-refractivity contribution in [2.24, 2.45) is 0 Å². The zero-order chi connectivity index (χ0) is 23.3. The summed E-state index contributed by atoms with van der Waals surface area (Å²) in [4.78, 5) is 13.2. The smallest absolute Gasteiger partial charge is 0.239 e. The molecule has 1 saturated heterocycles. The fraction of sp³-hybridized carbons (Fsp3) is 0.286. The topological polar surface area (TPSA) is 190 Å². The summed E-state index contributed by atoms with van der Waals surface area (Å²) in [7, 11) is 0. The normalized spacial score (nSPS) is 25.7. The molecule has 1 aliphatic rings. The van der Waals surface area contributed by atoms with Crippen molar-refractivity contribution in [3.05, 3.63) is 40.6 Å². The summed E-state index contributed by atoms with van der Waals surface area (Å²) < 4.78 is 16.6. The number of rotatable bonds is 3. The maximum Gasteiger partial charge on any atom is 0.239 e. The summed E-state index contributed by atoms with van der Waals surface area (Å²) in [5.41, 5.74) is -1.05. The molecule has 0 saturated carbocycles. The zero-order valence-corrected chi connectivity index (χ0v) is 16.5. The third-order valence-electron chi connectivity index (χ3n) is 5.20. The molecule has 11 nitrogen and oxygen atoms in total. The van der Waals surface area contributed by atoms with E-state index in [1.54, 1.807) is 0 Å². The first-order chi connectivity index (χ1) is 15.1. The molecule has 0 spiro atoms. The van der Waals surface area contributed by atoms with Gasteiger partial charge in [0, 0.05) is 17.7 Å². The fourth-order valence-electron chi connectivity index (χ4n) is 3.46. The van der Waals surface area contributed by atoms with Crippen LogP contribution < -0.4 is 10.2 Å². The predicted molar refractivity (Wildman–Crippen MR) is 108 cm³/mol. The molecule has 1 aromatic heterocycles. The van der Waals surface area contributed by atoms with E-state index in [-0.39, 0.29) is 28.0 Å². The largest absolute Gasteiger partial charge is 0.508 e. The van der Waals surface area contributed by atoms with Gasteiger partial charge in [-0.15, -0.1) is 0 Å². The first-order valence-corrected chi connectivity index (χ1v) is 9.50. The Balaban J connectivity index is 1.92. The maximum absolute atomic E-state index is 13.2. The standard InChI is InChI=1S/C21H20O11/c1-7-15(26)17(28)18(29)21(30-7)32-20-16(27)14-12(25)5-9(22)6-13(14)31-19(20)8-2-3-10(23)11(24)4-8/h2-7,15,17-18,21-26,28-29H,1H3/t7-,15-,17+,18-,21-/m1/s1. The Labute approximate surface area is 179 Å². The average Bonchev–Trinajstić information content (AvgIpc) is 2.73. The second-order valence-corrected chi connectivity index (χ2v) is 7.43. The van der Waals surface area contributed by atoms with Crippen LogP contribution in [0.3, 0.4) is 0 Å². The Hall–Kier alpha value is -3.51. The second-order valence-electron chi connectivity index (χ2n) is 7.43. The van der Waals surface area contributed by atoms with Crippen LogP contribution in [-0.2, 0) is 4.74 Å². The number of aromatic hydroxyl groups is 4. The number of hydrogen-bond acceptors (Lipinski definition) is 11. The highest BCUT2D eigenvalue weighted by Crippen LogP contribution is 2.39. The molecule has 170 valence electrons. The van der Waals surface area contributed by atoms with Crippen molar-refractivity contribution >= 4 is 11.0 Å². The van der Waals surface area contributed by atoms with Gasteiger partial charge in [-0.25, -0.2) is 0 Å². The van der Waals surface area contributed by atoms with E-state index in [9.17, 15) is 40.5 Å². The molecule has 3 aromatic rings. The molecule has 11 heteroatoms. The minimum Gasteiger partial charge on any atom is -0.508 e. The van der Waals surface area contributed by atoms with Crippen LogP contribution in [0.4, 0.5) is 0 Å². The molecule has 4 rings (SSSR count). The number of hydrogen-bond donors (Lipinski definition) is 7. The average molecular weight is 448 g/mol. The van der Waals surface area contributed by atoms with Gasteiger partial charge < -0.3 is 49.6 Å². The number of aliphatic hydroxyl groups is 3. The van der Waals surface area contributed by atoms with E-state index in [1.807, 2.05) is 0 Å². The molecule has 5 atom stereocenters. The van der Waals surface area contributed by atoms with Crippen molar-refractivity contribution in [1.82, 2.24) is 0 Å². The Morgan fingerprint density at radius 2 is 1.59 bits per heavy atom. The summed E-state index contributed by atoms with van der Waals surface area (Å²) in [5.74, 6) is -2.80. The maximum atomic E-state index is 13.2. The molecular weight excluding hydrogens is 428 g/mol. The van der Waals surface area contributed by atoms with Crippen LogP contribution in [0.2, 0.25) is 0 Å². The molecule has 0 unspecified atom stereocenters. The van der Waals surface area contributed by atoms with Crippen LogP contribution in [0.15, 0.2) is 39.5 Å². The van der Waals surface area contributed by atoms with Gasteiger partial charge in [-0.05, 0) is 25.1 Å². The van der Waals surface area contributed by atoms with Crippen molar-refractivity contribution < 1.29 is 49.6 Å². The molecular formula is C21H20O11. The monoisotopic (exact) mass is 448 g/mol. The number of aliphatic hydroxyl groups excluding tert-OH is 3. The molecule has 0 amide bonds. The van der Waals surface area contributed by atoms with Gasteiger partial charge in [-0.1, -0.05) is 0 Å². The number of ether oxygens (including phenoxy) is 2. The van der Waals surface area contributed by atoms with E-state index in [1.165, 1.54) is 13.0 Å². The van der Waals surface area contributed by atoms with Gasteiger partial charge in [-0.2, -0.15) is 0 Å². The lowest BCUT2D eigenvalue weighted by molar-refractivity contribution is -0.268. The molecule has 0 aliphatic carbocycles. The third kappa shape index (κ3) is 3.56. The lowest BCUT2D eigenvalue weighted by Crippen LogP contribution is -2.58. The van der Waals surface area contributed by atoms with Crippen LogP contribution >= 0.6 is 0 Å². The van der Waals surface area contributed by atoms with Crippen LogP contribution in [0.1, 0.15) is 6.92 Å². The molecule has 32 heavy (non-hydrogen) atoms. The Morgan fingerprint density at radius 3 is 2.28 bits per heavy atom. The number of benzene rings is 2. The third-order valence-corrected chi connectivity index (χ3v) is 5.20. The van der Waals surface area contributed by atoms with Gasteiger partial charge in [0.05, 0.1) is 6.10 Å². The lowest BCUT2D eigenvalue weighted by Gasteiger charge is -2.38. The molecule has 2 heterocycles. The van der Waals surface area contributed by atoms with E-state index < -0.39 is 59.1 Å². The molecule has 2 aromatic carbocycles. The lowest BCUT2D eigenvalue weighted by atomic mass is 10.00. The second kappa shape index (κ2) is 7.88. The summed E-state index contributed by atoms with van der Waals surface area (Å²) in [6.07, 6.45) is -7.35. The van der Waals surface area contributed by atoms with E-state index in [4.69, 9.17) is 13.9 Å². The molecule has 7 N–H and O–H groups in total. The van der Waals surface area contributed by atoms with Crippen molar-refractivity contribution in [2.45, 2.75) is 37.6 Å². The summed E-state index contributed by atoms with van der Waals surface area (Å²) >= 11 is 0. The molecule has 0 bridgehead atoms. The van der Waals surface area contributed by atoms with E-state index in [0.717, 1.165) is 24.3 Å². The van der Waals surface area contributed by atoms with Crippen molar-refractivity contribution in [2.75, 3.05) is 0 Å². The van der Waals surface area contributed by atoms with Crippen LogP contribution in [-0.4, -0.2) is 66.5 Å². The quantitative estimate of drug-likeness (QED) is 0.276. The molecule has 0 radical (unpaired) electrons. The number of fused-ring (bicyclic) bond motifs is 1. The van der Waals surface area contributed by atoms with Crippen molar-refractivity contribution in [3.8, 4) is 40.1 Å². The zero-order valence-electron chi connectivity index (χ0n) is 16.5. The summed E-state index contributed by atoms with van der Waals surface area (Å²) in [5, 5.41) is 69.2. The highest BCUT2D eigenvalue weighted by atomic mass is 16.7. The van der Waals surface area contributed by atoms with Gasteiger partial charge >= 0.3 is 0 Å². The van der Waals surface area contributed by atoms with Crippen LogP contribution in [0.25, 0.3) is 22.3 Å². The van der Waals surface area contributed by atoms with Crippen molar-refractivity contribution in [3.63, 3.8) is 0 Å². The summed E-state index contributed by atoms with van der Waals surface area (Å²) in [6.45, 7) is 1.42. The number of phenolic OH excluding ortho intramolecular Hbond substituents is 4. The van der Waals surface area contributed by atoms with Gasteiger partial charge in [0.1, 0.15) is 40.8 Å². The summed E-state index contributed by atoms with van der Waals surface area (Å²) in [6, 6.07) is 5.51. The predicted octanol–water partition coefficient (Wildman–Crippen LogP) is 0.489. The van der Waals surface area contributed by atoms with Gasteiger partial charge in [0.15, 0.2) is 17.3 Å². The van der Waals surface area contributed by atoms with Crippen LogP contribution in [0.5, 0.6) is 28.7 Å². The van der Waals surface area contributed by atoms with Crippen molar-refractivity contribution in [1.29, 1.82) is 0 Å². The highest BCUT2D eigenvalue weighted by Gasteiger charge is 2.44. The Kier molecular flexibility index (Phi) is 5.34. The fourth-order valence-corrected chi connectivity index (χ4v) is 3.46. The SMILES string of the molecule is C[C@H]1O[C@H](Oc2c(-c3ccc(O)c(O)c3)oc3cc(O)cc(O)c3c2=O)[C@H](O)[C@@H](O)[C@@H]1O. The first-order valence-electron chi connectivity index (χ1n) is 9.50. The van der Waals surface area contributed by atoms with Gasteiger partial charge in [0.25, 0.3) is 0 Å².